The Bertz CT molecular complexity index is 404. The van der Waals surface area contributed by atoms with Crippen molar-refractivity contribution in [3.05, 3.63) is 35.4 Å². The molecule has 1 aliphatic rings. The van der Waals surface area contributed by atoms with Crippen LogP contribution in [-0.4, -0.2) is 0 Å². The second-order valence-corrected chi connectivity index (χ2v) is 5.11. The van der Waals surface area contributed by atoms with Crippen molar-refractivity contribution in [2.45, 2.75) is 50.2 Å². The maximum absolute atomic E-state index is 13.0. The van der Waals surface area contributed by atoms with E-state index in [0.29, 0.717) is 12.8 Å². The van der Waals surface area contributed by atoms with Crippen molar-refractivity contribution in [1.82, 2.24) is 0 Å². The lowest BCUT2D eigenvalue weighted by atomic mass is 9.81. The van der Waals surface area contributed by atoms with Gasteiger partial charge < -0.3 is 5.73 Å². The number of rotatable bonds is 1. The summed E-state index contributed by atoms with van der Waals surface area (Å²) in [5.41, 5.74) is 5.15. The number of hydrogen-bond acceptors (Lipinski definition) is 1. The van der Waals surface area contributed by atoms with E-state index >= 15 is 0 Å². The monoisotopic (exact) mass is 257 g/mol. The smallest absolute Gasteiger partial charge is 0.321 e. The molecule has 0 heterocycles. The van der Waals surface area contributed by atoms with Gasteiger partial charge in [-0.3, -0.25) is 0 Å². The Hall–Kier alpha value is -1.03. The van der Waals surface area contributed by atoms with Gasteiger partial charge in [-0.15, -0.1) is 0 Å². The summed E-state index contributed by atoms with van der Waals surface area (Å²) >= 11 is 0. The molecule has 0 bridgehead atoms. The van der Waals surface area contributed by atoms with Crippen LogP contribution in [0, 0.1) is 0 Å². The number of benzene rings is 1. The minimum absolute atomic E-state index is 0.263. The minimum atomic E-state index is -4.32. The van der Waals surface area contributed by atoms with Gasteiger partial charge in [0.25, 0.3) is 0 Å². The molecule has 1 fully saturated rings. The van der Waals surface area contributed by atoms with E-state index in [9.17, 15) is 13.2 Å². The first-order valence-corrected chi connectivity index (χ1v) is 6.39. The van der Waals surface area contributed by atoms with Crippen LogP contribution in [0.15, 0.2) is 24.3 Å². The lowest BCUT2D eigenvalue weighted by Crippen LogP contribution is -2.38. The highest BCUT2D eigenvalue weighted by Crippen LogP contribution is 2.40. The second kappa shape index (κ2) is 4.92. The van der Waals surface area contributed by atoms with E-state index < -0.39 is 17.3 Å². The summed E-state index contributed by atoms with van der Waals surface area (Å²) in [4.78, 5) is 0. The van der Waals surface area contributed by atoms with Crippen LogP contribution in [-0.2, 0) is 11.7 Å². The quantitative estimate of drug-likeness (QED) is 0.749. The summed E-state index contributed by atoms with van der Waals surface area (Å²) < 4.78 is 39.1. The number of alkyl halides is 3. The first-order valence-electron chi connectivity index (χ1n) is 6.39. The van der Waals surface area contributed by atoms with Gasteiger partial charge in [0, 0.05) is 5.54 Å². The molecular weight excluding hydrogens is 239 g/mol. The molecule has 0 amide bonds. The predicted molar refractivity (Wildman–Crippen MR) is 65.0 cm³/mol. The highest BCUT2D eigenvalue weighted by Gasteiger charge is 2.39. The van der Waals surface area contributed by atoms with Gasteiger partial charge in [0.15, 0.2) is 0 Å². The Morgan fingerprint density at radius 2 is 1.50 bits per heavy atom. The van der Waals surface area contributed by atoms with Gasteiger partial charge in [-0.1, -0.05) is 43.9 Å². The van der Waals surface area contributed by atoms with Gasteiger partial charge in [0.05, 0.1) is 5.56 Å². The Labute approximate surface area is 105 Å². The fraction of sp³-hybridized carbons (Fsp3) is 0.571. The van der Waals surface area contributed by atoms with E-state index in [-0.39, 0.29) is 5.56 Å². The lowest BCUT2D eigenvalue weighted by molar-refractivity contribution is -0.138. The third-order valence-corrected chi connectivity index (χ3v) is 3.76. The Balaban J connectivity index is 2.43. The summed E-state index contributed by atoms with van der Waals surface area (Å²) in [5, 5.41) is 0. The Morgan fingerprint density at radius 1 is 0.944 bits per heavy atom. The van der Waals surface area contributed by atoms with Crippen LogP contribution in [0.3, 0.4) is 0 Å². The zero-order valence-corrected chi connectivity index (χ0v) is 10.3. The molecule has 1 nitrogen and oxygen atoms in total. The molecule has 4 heteroatoms. The standard InChI is InChI=1S/C14H18F3N/c15-14(16,17)12-8-4-3-7-11(12)13(18)9-5-1-2-6-10-13/h3-4,7-8H,1-2,5-6,9-10,18H2. The minimum Gasteiger partial charge on any atom is -0.321 e. The fourth-order valence-electron chi connectivity index (χ4n) is 2.79. The third kappa shape index (κ3) is 2.69. The van der Waals surface area contributed by atoms with Crippen LogP contribution < -0.4 is 5.73 Å². The Morgan fingerprint density at radius 3 is 2.06 bits per heavy atom. The van der Waals surface area contributed by atoms with E-state index in [2.05, 4.69) is 0 Å². The van der Waals surface area contributed by atoms with Gasteiger partial charge in [-0.05, 0) is 24.5 Å². The first-order chi connectivity index (χ1) is 8.43. The maximum atomic E-state index is 13.0. The molecule has 100 valence electrons. The molecule has 0 spiro atoms. The van der Waals surface area contributed by atoms with E-state index in [4.69, 9.17) is 5.73 Å². The van der Waals surface area contributed by atoms with E-state index in [1.807, 2.05) is 0 Å². The molecular formula is C14H18F3N. The van der Waals surface area contributed by atoms with Crippen molar-refractivity contribution in [3.8, 4) is 0 Å². The van der Waals surface area contributed by atoms with Crippen molar-refractivity contribution >= 4 is 0 Å². The zero-order valence-electron chi connectivity index (χ0n) is 10.3. The van der Waals surface area contributed by atoms with Crippen LogP contribution in [0.1, 0.15) is 49.7 Å². The summed E-state index contributed by atoms with van der Waals surface area (Å²) in [6.07, 6.45) is 0.890. The van der Waals surface area contributed by atoms with Gasteiger partial charge in [0.1, 0.15) is 0 Å². The molecule has 2 rings (SSSR count). The molecule has 0 radical (unpaired) electrons. The van der Waals surface area contributed by atoms with Crippen LogP contribution in [0.2, 0.25) is 0 Å². The molecule has 2 N–H and O–H groups in total. The topological polar surface area (TPSA) is 26.0 Å². The Kier molecular flexibility index (Phi) is 3.66. The first kappa shape index (κ1) is 13.4. The van der Waals surface area contributed by atoms with Crippen molar-refractivity contribution < 1.29 is 13.2 Å². The van der Waals surface area contributed by atoms with E-state index in [0.717, 1.165) is 31.7 Å². The van der Waals surface area contributed by atoms with Crippen molar-refractivity contribution in [2.24, 2.45) is 5.73 Å². The molecule has 18 heavy (non-hydrogen) atoms. The molecule has 1 aliphatic carbocycles. The van der Waals surface area contributed by atoms with Crippen LogP contribution in [0.5, 0.6) is 0 Å². The molecule has 1 aromatic rings. The second-order valence-electron chi connectivity index (χ2n) is 5.11. The molecule has 0 aliphatic heterocycles. The van der Waals surface area contributed by atoms with Crippen molar-refractivity contribution in [2.75, 3.05) is 0 Å². The van der Waals surface area contributed by atoms with Gasteiger partial charge in [-0.25, -0.2) is 0 Å². The summed E-state index contributed by atoms with van der Waals surface area (Å²) in [6.45, 7) is 0. The average Bonchev–Trinajstić information content (AvgIpc) is 2.54. The maximum Gasteiger partial charge on any atom is 0.416 e. The zero-order chi connectivity index (χ0) is 13.2. The largest absolute Gasteiger partial charge is 0.416 e. The highest BCUT2D eigenvalue weighted by molar-refractivity contribution is 5.35. The van der Waals surface area contributed by atoms with Crippen LogP contribution >= 0.6 is 0 Å². The van der Waals surface area contributed by atoms with Crippen LogP contribution in [0.25, 0.3) is 0 Å². The molecule has 0 atom stereocenters. The van der Waals surface area contributed by atoms with Crippen molar-refractivity contribution in [3.63, 3.8) is 0 Å². The number of nitrogens with two attached hydrogens (primary N) is 1. The average molecular weight is 257 g/mol. The normalized spacial score (nSPS) is 20.4. The molecule has 0 aromatic heterocycles. The predicted octanol–water partition coefficient (Wildman–Crippen LogP) is 4.21. The number of halogens is 3. The summed E-state index contributed by atoms with van der Waals surface area (Å²) in [5.74, 6) is 0. The van der Waals surface area contributed by atoms with Gasteiger partial charge in [-0.2, -0.15) is 13.2 Å². The molecule has 0 unspecified atom stereocenters. The highest BCUT2D eigenvalue weighted by atomic mass is 19.4. The fourth-order valence-corrected chi connectivity index (χ4v) is 2.79. The van der Waals surface area contributed by atoms with Crippen molar-refractivity contribution in [1.29, 1.82) is 0 Å². The van der Waals surface area contributed by atoms with Gasteiger partial charge >= 0.3 is 6.18 Å². The third-order valence-electron chi connectivity index (χ3n) is 3.76. The molecule has 1 saturated carbocycles. The van der Waals surface area contributed by atoms with E-state index in [1.165, 1.54) is 12.1 Å². The van der Waals surface area contributed by atoms with Crippen LogP contribution in [0.4, 0.5) is 13.2 Å². The lowest BCUT2D eigenvalue weighted by Gasteiger charge is -2.31. The van der Waals surface area contributed by atoms with E-state index in [1.54, 1.807) is 6.07 Å². The molecule has 1 aromatic carbocycles. The summed E-state index contributed by atoms with van der Waals surface area (Å²) in [7, 11) is 0. The summed E-state index contributed by atoms with van der Waals surface area (Å²) in [6, 6.07) is 5.74. The molecule has 0 saturated heterocycles. The number of hydrogen-bond donors (Lipinski definition) is 1. The van der Waals surface area contributed by atoms with Gasteiger partial charge in [0.2, 0.25) is 0 Å². The SMILES string of the molecule is NC1(c2ccccc2C(F)(F)F)CCCCCC1.